The summed E-state index contributed by atoms with van der Waals surface area (Å²) < 4.78 is 0. The maximum absolute atomic E-state index is 10.5. The van der Waals surface area contributed by atoms with Gasteiger partial charge in [-0.05, 0) is 51.0 Å². The van der Waals surface area contributed by atoms with Crippen LogP contribution in [0.2, 0.25) is 0 Å². The number of hydrogen-bond acceptors (Lipinski definition) is 3. The molecule has 5 heteroatoms. The maximum atomic E-state index is 10.5. The Kier molecular flexibility index (Phi) is 3.66. The second kappa shape index (κ2) is 5.21. The molecule has 0 aliphatic heterocycles. The molecule has 0 spiro atoms. The lowest BCUT2D eigenvalue weighted by molar-refractivity contribution is -0.385. The summed E-state index contributed by atoms with van der Waals surface area (Å²) in [6, 6.07) is 15.0. The summed E-state index contributed by atoms with van der Waals surface area (Å²) in [5.41, 5.74) is 1.77. The third-order valence-electron chi connectivity index (χ3n) is 2.27. The van der Waals surface area contributed by atoms with Gasteiger partial charge in [-0.2, -0.15) is 0 Å². The fourth-order valence-electron chi connectivity index (χ4n) is 1.47. The minimum atomic E-state index is -0.466. The zero-order valence-electron chi connectivity index (χ0n) is 8.59. The third-order valence-corrected chi connectivity index (χ3v) is 3.30. The van der Waals surface area contributed by atoms with E-state index in [1.54, 1.807) is 12.1 Å². The van der Waals surface area contributed by atoms with Gasteiger partial charge in [-0.1, -0.05) is 18.2 Å². The molecule has 0 aliphatic rings. The number of benzene rings is 2. The summed E-state index contributed by atoms with van der Waals surface area (Å²) >= 11 is 0. The molecule has 2 aromatic rings. The molecule has 0 unspecified atom stereocenters. The van der Waals surface area contributed by atoms with E-state index < -0.39 is 4.92 Å². The van der Waals surface area contributed by atoms with Crippen molar-refractivity contribution in [1.82, 2.24) is 0 Å². The highest BCUT2D eigenvalue weighted by atomic mass is 35.7. The first kappa shape index (κ1) is 12.0. The molecule has 0 heterocycles. The number of nitrogens with zero attached hydrogens (tertiary/aromatic N) is 1. The number of halogens is 1. The third kappa shape index (κ3) is 2.60. The van der Waals surface area contributed by atoms with Crippen LogP contribution >= 0.6 is 21.7 Å². The quantitative estimate of drug-likeness (QED) is 0.613. The van der Waals surface area contributed by atoms with Crippen LogP contribution in [0.5, 0.6) is 0 Å². The number of hydrogen-bond donors (Lipinski definition) is 0. The van der Waals surface area contributed by atoms with Crippen molar-refractivity contribution in [3.05, 3.63) is 58.6 Å². The van der Waals surface area contributed by atoms with E-state index >= 15 is 0 Å². The first-order valence-electron chi connectivity index (χ1n) is 4.76. The van der Waals surface area contributed by atoms with Crippen molar-refractivity contribution in [2.45, 2.75) is 4.90 Å². The topological polar surface area (TPSA) is 43.1 Å². The van der Waals surface area contributed by atoms with Gasteiger partial charge in [0.1, 0.15) is 0 Å². The molecule has 85 valence electrons. The first-order valence-corrected chi connectivity index (χ1v) is 6.41. The predicted octanol–water partition coefficient (Wildman–Crippen LogP) is 4.31. The molecule has 0 aromatic heterocycles. The summed E-state index contributed by atoms with van der Waals surface area (Å²) in [7, 11) is 6.89. The van der Waals surface area contributed by atoms with Gasteiger partial charge in [-0.25, -0.2) is 0 Å². The maximum Gasteiger partial charge on any atom is 0.277 e. The van der Waals surface area contributed by atoms with Gasteiger partial charge in [0.2, 0.25) is 0 Å². The molecule has 2 rings (SSSR count). The second-order valence-electron chi connectivity index (χ2n) is 3.29. The standard InChI is InChI=1S/C12H7ClNO2S/c13-17-12-4-2-1-3-11(12)9-5-7-10(8-6-9)14(15)16/h1-7H. The summed E-state index contributed by atoms with van der Waals surface area (Å²) in [6.45, 7) is 0. The van der Waals surface area contributed by atoms with Crippen LogP contribution in [0.25, 0.3) is 11.1 Å². The van der Waals surface area contributed by atoms with E-state index in [0.29, 0.717) is 0 Å². The Morgan fingerprint density at radius 1 is 1.24 bits per heavy atom. The monoisotopic (exact) mass is 264 g/mol. The van der Waals surface area contributed by atoms with E-state index in [-0.39, 0.29) is 5.69 Å². The van der Waals surface area contributed by atoms with Gasteiger partial charge in [0, 0.05) is 11.0 Å². The van der Waals surface area contributed by atoms with E-state index in [2.05, 4.69) is 6.07 Å². The summed E-state index contributed by atoms with van der Waals surface area (Å²) in [4.78, 5) is 11.0. The lowest BCUT2D eigenvalue weighted by Crippen LogP contribution is -1.88. The first-order chi connectivity index (χ1) is 8.22. The van der Waals surface area contributed by atoms with Crippen molar-refractivity contribution in [1.29, 1.82) is 0 Å². The van der Waals surface area contributed by atoms with Crippen LogP contribution in [-0.2, 0) is 0 Å². The molecular weight excluding hydrogens is 258 g/mol. The summed E-state index contributed by atoms with van der Waals surface area (Å²) in [6.07, 6.45) is 0. The molecular formula is C12H7ClNO2S. The Morgan fingerprint density at radius 2 is 2.00 bits per heavy atom. The van der Waals surface area contributed by atoms with Crippen LogP contribution in [0, 0.1) is 16.2 Å². The van der Waals surface area contributed by atoms with Crippen molar-refractivity contribution in [3.63, 3.8) is 0 Å². The molecule has 0 N–H and O–H groups in total. The van der Waals surface area contributed by atoms with Crippen LogP contribution in [0.15, 0.2) is 47.4 Å². The van der Waals surface area contributed by atoms with Crippen molar-refractivity contribution in [2.24, 2.45) is 0 Å². The van der Waals surface area contributed by atoms with Gasteiger partial charge >= 0.3 is 0 Å². The van der Waals surface area contributed by atoms with Crippen LogP contribution < -0.4 is 0 Å². The van der Waals surface area contributed by atoms with E-state index in [1.165, 1.54) is 6.07 Å². The number of nitro groups is 1. The van der Waals surface area contributed by atoms with Crippen molar-refractivity contribution in [2.75, 3.05) is 0 Å². The van der Waals surface area contributed by atoms with E-state index in [0.717, 1.165) is 27.0 Å². The summed E-state index contributed by atoms with van der Waals surface area (Å²) in [5.74, 6) is 0. The van der Waals surface area contributed by atoms with Crippen LogP contribution in [0.1, 0.15) is 0 Å². The normalized spacial score (nSPS) is 10.2. The van der Waals surface area contributed by atoms with Gasteiger partial charge in [-0.15, -0.1) is 0 Å². The van der Waals surface area contributed by atoms with Crippen LogP contribution in [-0.4, -0.2) is 4.92 Å². The van der Waals surface area contributed by atoms with Crippen LogP contribution in [0.3, 0.4) is 0 Å². The molecule has 0 aliphatic carbocycles. The van der Waals surface area contributed by atoms with Crippen molar-refractivity contribution < 1.29 is 4.92 Å². The summed E-state index contributed by atoms with van der Waals surface area (Å²) in [5, 5.41) is 10.5. The molecule has 17 heavy (non-hydrogen) atoms. The van der Waals surface area contributed by atoms with Gasteiger partial charge in [-0.3, -0.25) is 10.1 Å². The molecule has 0 fully saturated rings. The van der Waals surface area contributed by atoms with Gasteiger partial charge in [0.05, 0.1) is 11.0 Å². The van der Waals surface area contributed by atoms with Crippen molar-refractivity contribution >= 4 is 27.3 Å². The average molecular weight is 265 g/mol. The SMILES string of the molecule is O=[N+]([O-])c1[c]cc(-c2ccccc2SCl)cc1. The minimum absolute atomic E-state index is 0.0373. The largest absolute Gasteiger partial charge is 0.277 e. The Balaban J connectivity index is 2.43. The van der Waals surface area contributed by atoms with Crippen molar-refractivity contribution in [3.8, 4) is 11.1 Å². The fraction of sp³-hybridized carbons (Fsp3) is 0. The second-order valence-corrected chi connectivity index (χ2v) is 4.35. The number of non-ortho nitro benzene ring substituents is 1. The average Bonchev–Trinajstić information content (AvgIpc) is 2.39. The molecule has 0 atom stereocenters. The van der Waals surface area contributed by atoms with E-state index in [9.17, 15) is 10.1 Å². The molecule has 1 radical (unpaired) electrons. The molecule has 2 aromatic carbocycles. The lowest BCUT2D eigenvalue weighted by Gasteiger charge is -2.05. The Bertz CT molecular complexity index is 542. The molecule has 3 nitrogen and oxygen atoms in total. The van der Waals surface area contributed by atoms with E-state index in [4.69, 9.17) is 10.7 Å². The van der Waals surface area contributed by atoms with Crippen LogP contribution in [0.4, 0.5) is 5.69 Å². The highest BCUT2D eigenvalue weighted by Gasteiger charge is 2.08. The zero-order chi connectivity index (χ0) is 12.3. The highest BCUT2D eigenvalue weighted by molar-refractivity contribution is 8.21. The number of nitro benzene ring substituents is 1. The smallest absolute Gasteiger partial charge is 0.258 e. The molecule has 0 amide bonds. The highest BCUT2D eigenvalue weighted by Crippen LogP contribution is 2.33. The Hall–Kier alpha value is -1.52. The molecule has 0 saturated carbocycles. The van der Waals surface area contributed by atoms with Gasteiger partial charge in [0.15, 0.2) is 0 Å². The van der Waals surface area contributed by atoms with Gasteiger partial charge in [0.25, 0.3) is 5.69 Å². The Labute approximate surface area is 107 Å². The minimum Gasteiger partial charge on any atom is -0.258 e. The zero-order valence-corrected chi connectivity index (χ0v) is 10.2. The van der Waals surface area contributed by atoms with E-state index in [1.807, 2.05) is 24.3 Å². The molecule has 0 bridgehead atoms. The fourth-order valence-corrected chi connectivity index (χ4v) is 2.27. The molecule has 0 saturated heterocycles. The Morgan fingerprint density at radius 3 is 2.59 bits per heavy atom. The van der Waals surface area contributed by atoms with Gasteiger partial charge < -0.3 is 0 Å². The lowest BCUT2D eigenvalue weighted by atomic mass is 10.1. The number of rotatable bonds is 3. The predicted molar refractivity (Wildman–Crippen MR) is 69.1 cm³/mol.